The van der Waals surface area contributed by atoms with Crippen LogP contribution in [0.4, 0.5) is 0 Å². The summed E-state index contributed by atoms with van der Waals surface area (Å²) >= 11 is 1.36. The molecule has 0 unspecified atom stereocenters. The van der Waals surface area contributed by atoms with E-state index in [1.165, 1.54) is 11.3 Å². The Bertz CT molecular complexity index is 924. The van der Waals surface area contributed by atoms with E-state index in [1.807, 2.05) is 47.8 Å². The zero-order valence-electron chi connectivity index (χ0n) is 12.7. The SMILES string of the molecule is C#CCOc1ccc2ccccc2c1/C=N/NC(=O)c1cccs1. The second-order valence-corrected chi connectivity index (χ2v) is 5.82. The van der Waals surface area contributed by atoms with Crippen LogP contribution < -0.4 is 10.2 Å². The van der Waals surface area contributed by atoms with Crippen molar-refractivity contribution in [2.75, 3.05) is 6.61 Å². The van der Waals surface area contributed by atoms with Gasteiger partial charge in [-0.15, -0.1) is 17.8 Å². The maximum atomic E-state index is 11.9. The lowest BCUT2D eigenvalue weighted by Gasteiger charge is -2.09. The molecule has 0 saturated heterocycles. The number of fused-ring (bicyclic) bond motifs is 1. The Balaban J connectivity index is 1.89. The monoisotopic (exact) mass is 334 g/mol. The van der Waals surface area contributed by atoms with Crippen molar-refractivity contribution in [3.8, 4) is 18.1 Å². The van der Waals surface area contributed by atoms with Gasteiger partial charge in [-0.05, 0) is 28.3 Å². The summed E-state index contributed by atoms with van der Waals surface area (Å²) in [4.78, 5) is 12.5. The van der Waals surface area contributed by atoms with Gasteiger partial charge >= 0.3 is 0 Å². The van der Waals surface area contributed by atoms with E-state index in [-0.39, 0.29) is 12.5 Å². The van der Waals surface area contributed by atoms with Crippen LogP contribution in [0.3, 0.4) is 0 Å². The predicted octanol–water partition coefficient (Wildman–Crippen LogP) is 3.68. The molecule has 0 saturated carbocycles. The lowest BCUT2D eigenvalue weighted by atomic mass is 10.0. The molecule has 3 aromatic rings. The number of carbonyl (C=O) groups is 1. The maximum absolute atomic E-state index is 11.9. The molecule has 5 heteroatoms. The molecule has 1 heterocycles. The lowest BCUT2D eigenvalue weighted by Crippen LogP contribution is -2.16. The van der Waals surface area contributed by atoms with Crippen LogP contribution in [0.2, 0.25) is 0 Å². The number of hydrogen-bond donors (Lipinski definition) is 1. The van der Waals surface area contributed by atoms with Gasteiger partial charge in [0.1, 0.15) is 12.4 Å². The summed E-state index contributed by atoms with van der Waals surface area (Å²) in [6.45, 7) is 0.167. The minimum atomic E-state index is -0.243. The summed E-state index contributed by atoms with van der Waals surface area (Å²) in [6.07, 6.45) is 6.85. The molecular weight excluding hydrogens is 320 g/mol. The molecule has 1 aromatic heterocycles. The van der Waals surface area contributed by atoms with E-state index in [1.54, 1.807) is 12.3 Å². The van der Waals surface area contributed by atoms with Crippen LogP contribution in [0.25, 0.3) is 10.8 Å². The van der Waals surface area contributed by atoms with Gasteiger partial charge < -0.3 is 4.74 Å². The number of thiophene rings is 1. The van der Waals surface area contributed by atoms with Crippen molar-refractivity contribution in [2.45, 2.75) is 0 Å². The highest BCUT2D eigenvalue weighted by atomic mass is 32.1. The first kappa shape index (κ1) is 15.8. The van der Waals surface area contributed by atoms with Gasteiger partial charge in [0.25, 0.3) is 5.91 Å². The molecule has 4 nitrogen and oxygen atoms in total. The molecule has 0 aliphatic carbocycles. The molecule has 118 valence electrons. The number of hydrogen-bond acceptors (Lipinski definition) is 4. The van der Waals surface area contributed by atoms with E-state index in [4.69, 9.17) is 11.2 Å². The molecule has 2 aromatic carbocycles. The Morgan fingerprint density at radius 1 is 1.25 bits per heavy atom. The first-order chi connectivity index (χ1) is 11.8. The molecule has 24 heavy (non-hydrogen) atoms. The van der Waals surface area contributed by atoms with Crippen molar-refractivity contribution in [2.24, 2.45) is 5.10 Å². The Labute approximate surface area is 143 Å². The van der Waals surface area contributed by atoms with Gasteiger partial charge in [-0.2, -0.15) is 5.10 Å². The smallest absolute Gasteiger partial charge is 0.281 e. The highest BCUT2D eigenvalue weighted by molar-refractivity contribution is 7.12. The molecule has 0 fully saturated rings. The van der Waals surface area contributed by atoms with Gasteiger partial charge in [-0.25, -0.2) is 5.43 Å². The lowest BCUT2D eigenvalue weighted by molar-refractivity contribution is 0.0959. The number of carbonyl (C=O) groups excluding carboxylic acids is 1. The van der Waals surface area contributed by atoms with Gasteiger partial charge in [0, 0.05) is 5.56 Å². The third-order valence-corrected chi connectivity index (χ3v) is 4.22. The summed E-state index contributed by atoms with van der Waals surface area (Å²) in [7, 11) is 0. The minimum absolute atomic E-state index is 0.167. The van der Waals surface area contributed by atoms with Crippen LogP contribution in [-0.4, -0.2) is 18.7 Å². The summed E-state index contributed by atoms with van der Waals surface area (Å²) in [5, 5.41) is 7.93. The zero-order valence-corrected chi connectivity index (χ0v) is 13.5. The first-order valence-corrected chi connectivity index (χ1v) is 8.12. The summed E-state index contributed by atoms with van der Waals surface area (Å²) in [6, 6.07) is 15.3. The largest absolute Gasteiger partial charge is 0.480 e. The van der Waals surface area contributed by atoms with E-state index in [0.29, 0.717) is 10.6 Å². The van der Waals surface area contributed by atoms with E-state index in [2.05, 4.69) is 16.4 Å². The molecule has 0 aliphatic heterocycles. The minimum Gasteiger partial charge on any atom is -0.480 e. The Kier molecular flexibility index (Phi) is 4.90. The van der Waals surface area contributed by atoms with E-state index >= 15 is 0 Å². The number of ether oxygens (including phenoxy) is 1. The third kappa shape index (κ3) is 3.45. The second kappa shape index (κ2) is 7.44. The van der Waals surface area contributed by atoms with E-state index in [9.17, 15) is 4.79 Å². The maximum Gasteiger partial charge on any atom is 0.281 e. The molecular formula is C19H14N2O2S. The fraction of sp³-hybridized carbons (Fsp3) is 0.0526. The Hall–Kier alpha value is -3.10. The summed E-state index contributed by atoms with van der Waals surface area (Å²) in [5.74, 6) is 2.83. The van der Waals surface area contributed by atoms with E-state index in [0.717, 1.165) is 16.3 Å². The predicted molar refractivity (Wildman–Crippen MR) is 97.7 cm³/mol. The van der Waals surface area contributed by atoms with Crippen LogP contribution in [0, 0.1) is 12.3 Å². The van der Waals surface area contributed by atoms with Crippen LogP contribution >= 0.6 is 11.3 Å². The summed E-state index contributed by atoms with van der Waals surface area (Å²) < 4.78 is 5.59. The van der Waals surface area contributed by atoms with Crippen molar-refractivity contribution in [1.29, 1.82) is 0 Å². The number of amides is 1. The quantitative estimate of drug-likeness (QED) is 0.440. The molecule has 0 atom stereocenters. The fourth-order valence-electron chi connectivity index (χ4n) is 2.27. The van der Waals surface area contributed by atoms with Crippen LogP contribution in [0.15, 0.2) is 59.0 Å². The second-order valence-electron chi connectivity index (χ2n) is 4.87. The standard InChI is InChI=1S/C19H14N2O2S/c1-2-11-23-17-10-9-14-6-3-4-7-15(14)16(17)13-20-21-19(22)18-8-5-12-24-18/h1,3-10,12-13H,11H2,(H,21,22)/b20-13+. The van der Waals surface area contributed by atoms with Gasteiger partial charge in [0.05, 0.1) is 11.1 Å². The van der Waals surface area contributed by atoms with Gasteiger partial charge in [-0.3, -0.25) is 4.79 Å². The van der Waals surface area contributed by atoms with Crippen molar-refractivity contribution < 1.29 is 9.53 Å². The molecule has 0 radical (unpaired) electrons. The number of rotatable bonds is 5. The van der Waals surface area contributed by atoms with Crippen molar-refractivity contribution in [3.05, 3.63) is 64.4 Å². The third-order valence-electron chi connectivity index (χ3n) is 3.35. The zero-order chi connectivity index (χ0) is 16.8. The van der Waals surface area contributed by atoms with Crippen LogP contribution in [-0.2, 0) is 0 Å². The van der Waals surface area contributed by atoms with Gasteiger partial charge in [0.2, 0.25) is 0 Å². The van der Waals surface area contributed by atoms with Crippen molar-refractivity contribution in [1.82, 2.24) is 5.43 Å². The van der Waals surface area contributed by atoms with Gasteiger partial charge in [-0.1, -0.05) is 42.3 Å². The average Bonchev–Trinajstić information content (AvgIpc) is 3.15. The van der Waals surface area contributed by atoms with Crippen LogP contribution in [0.5, 0.6) is 5.75 Å². The molecule has 1 amide bonds. The normalized spacial score (nSPS) is 10.6. The fourth-order valence-corrected chi connectivity index (χ4v) is 2.89. The number of hydrazone groups is 1. The Morgan fingerprint density at radius 2 is 2.12 bits per heavy atom. The molecule has 1 N–H and O–H groups in total. The highest BCUT2D eigenvalue weighted by Crippen LogP contribution is 2.26. The molecule has 0 spiro atoms. The Morgan fingerprint density at radius 3 is 2.92 bits per heavy atom. The number of benzene rings is 2. The number of nitrogens with one attached hydrogen (secondary N) is 1. The molecule has 0 bridgehead atoms. The van der Waals surface area contributed by atoms with Crippen molar-refractivity contribution >= 4 is 34.2 Å². The average molecular weight is 334 g/mol. The van der Waals surface area contributed by atoms with Gasteiger partial charge in [0.15, 0.2) is 0 Å². The molecule has 0 aliphatic rings. The van der Waals surface area contributed by atoms with Crippen LogP contribution in [0.1, 0.15) is 15.2 Å². The topological polar surface area (TPSA) is 50.7 Å². The van der Waals surface area contributed by atoms with Crippen molar-refractivity contribution in [3.63, 3.8) is 0 Å². The number of terminal acetylenes is 1. The highest BCUT2D eigenvalue weighted by Gasteiger charge is 2.08. The molecule has 3 rings (SSSR count). The summed E-state index contributed by atoms with van der Waals surface area (Å²) in [5.41, 5.74) is 3.30. The van der Waals surface area contributed by atoms with E-state index < -0.39 is 0 Å². The number of nitrogens with zero attached hydrogens (tertiary/aromatic N) is 1. The first-order valence-electron chi connectivity index (χ1n) is 7.24.